The van der Waals surface area contributed by atoms with E-state index in [4.69, 9.17) is 4.74 Å². The van der Waals surface area contributed by atoms with Crippen molar-refractivity contribution in [2.45, 2.75) is 4.90 Å². The van der Waals surface area contributed by atoms with Gasteiger partial charge in [0.15, 0.2) is 4.90 Å². The fourth-order valence-electron chi connectivity index (χ4n) is 4.02. The number of hydrogen-bond donors (Lipinski definition) is 1. The first kappa shape index (κ1) is 27.2. The molecule has 3 aromatic rings. The molecule has 3 aromatic carbocycles. The number of nitro groups is 3. The number of carbonyl (C=O) groups excluding carboxylic acids is 2. The molecule has 39 heavy (non-hydrogen) atoms. The Bertz CT molecular complexity index is 1670. The summed E-state index contributed by atoms with van der Waals surface area (Å²) < 4.78 is 32.4. The van der Waals surface area contributed by atoms with E-state index in [-0.39, 0.29) is 43.1 Å². The molecule has 1 heterocycles. The Labute approximate surface area is 218 Å². The smallest absolute Gasteiger partial charge is 0.296 e. The molecule has 0 aromatic heterocycles. The highest BCUT2D eigenvalue weighted by Crippen LogP contribution is 2.33. The van der Waals surface area contributed by atoms with Crippen LogP contribution in [0.1, 0.15) is 20.7 Å². The van der Waals surface area contributed by atoms with Gasteiger partial charge in [0.1, 0.15) is 0 Å². The van der Waals surface area contributed by atoms with Crippen molar-refractivity contribution in [3.05, 3.63) is 90.0 Å². The van der Waals surface area contributed by atoms with Crippen molar-refractivity contribution in [3.8, 4) is 0 Å². The van der Waals surface area contributed by atoms with Crippen molar-refractivity contribution in [1.29, 1.82) is 0 Å². The summed E-state index contributed by atoms with van der Waals surface area (Å²) in [6.07, 6.45) is 0. The summed E-state index contributed by atoms with van der Waals surface area (Å²) in [6, 6.07) is 9.05. The molecule has 202 valence electrons. The van der Waals surface area contributed by atoms with Gasteiger partial charge in [-0.1, -0.05) is 12.1 Å². The van der Waals surface area contributed by atoms with Crippen molar-refractivity contribution >= 4 is 49.7 Å². The molecule has 1 aliphatic heterocycles. The number of sulfonamides is 1. The number of hydrogen-bond acceptors (Lipinski definition) is 11. The summed E-state index contributed by atoms with van der Waals surface area (Å²) in [5.41, 5.74) is -1.76. The Morgan fingerprint density at radius 1 is 0.821 bits per heavy atom. The first-order chi connectivity index (χ1) is 18.4. The number of nitro benzene ring substituents is 3. The van der Waals surface area contributed by atoms with Gasteiger partial charge in [-0.2, -0.15) is 0 Å². The van der Waals surface area contributed by atoms with E-state index in [0.29, 0.717) is 16.8 Å². The molecule has 16 nitrogen and oxygen atoms in total. The van der Waals surface area contributed by atoms with Crippen molar-refractivity contribution < 1.29 is 37.5 Å². The summed E-state index contributed by atoms with van der Waals surface area (Å²) in [4.78, 5) is 56.7. The van der Waals surface area contributed by atoms with Crippen LogP contribution in [0.25, 0.3) is 10.8 Å². The molecule has 0 bridgehead atoms. The Morgan fingerprint density at radius 3 is 2.18 bits per heavy atom. The van der Waals surface area contributed by atoms with Gasteiger partial charge in [-0.15, -0.1) is 0 Å². The van der Waals surface area contributed by atoms with Gasteiger partial charge in [0, 0.05) is 35.7 Å². The summed E-state index contributed by atoms with van der Waals surface area (Å²) in [5, 5.41) is 34.0. The third-order valence-electron chi connectivity index (χ3n) is 5.76. The molecular weight excluding hydrogens is 542 g/mol. The fraction of sp³-hybridized carbons (Fsp3) is 0.182. The van der Waals surface area contributed by atoms with Gasteiger partial charge in [0.2, 0.25) is 10.0 Å². The van der Waals surface area contributed by atoms with Crippen LogP contribution in [-0.2, 0) is 14.8 Å². The normalized spacial score (nSPS) is 13.1. The SMILES string of the molecule is O=C1c2cccc3cc([N+](=O)[O-])cc(c23)C(=O)N1CCOCCNS(=O)(=O)c1ccc([N+](=O)[O-])cc1[N+](=O)[O-]. The Hall–Kier alpha value is -4.87. The highest BCUT2D eigenvalue weighted by Gasteiger charge is 2.34. The predicted octanol–water partition coefficient (Wildman–Crippen LogP) is 2.16. The minimum absolute atomic E-state index is 0.00754. The molecule has 0 aliphatic carbocycles. The lowest BCUT2D eigenvalue weighted by atomic mass is 9.93. The van der Waals surface area contributed by atoms with Gasteiger partial charge in [-0.3, -0.25) is 44.8 Å². The molecule has 0 saturated heterocycles. The average molecular weight is 559 g/mol. The first-order valence-corrected chi connectivity index (χ1v) is 12.5. The van der Waals surface area contributed by atoms with Crippen LogP contribution < -0.4 is 4.72 Å². The topological polar surface area (TPSA) is 222 Å². The lowest BCUT2D eigenvalue weighted by Crippen LogP contribution is -2.42. The first-order valence-electron chi connectivity index (χ1n) is 11.0. The lowest BCUT2D eigenvalue weighted by molar-refractivity contribution is -0.396. The Kier molecular flexibility index (Phi) is 7.30. The number of non-ortho nitro benzene ring substituents is 2. The molecule has 1 N–H and O–H groups in total. The molecule has 0 unspecified atom stereocenters. The molecule has 1 aliphatic rings. The van der Waals surface area contributed by atoms with Gasteiger partial charge in [-0.05, 0) is 17.5 Å². The summed E-state index contributed by atoms with van der Waals surface area (Å²) in [6.45, 7) is -1.06. The number of ether oxygens (including phenoxy) is 1. The fourth-order valence-corrected chi connectivity index (χ4v) is 5.19. The molecule has 0 fully saturated rings. The number of nitrogens with zero attached hydrogens (tertiary/aromatic N) is 4. The zero-order valence-corrected chi connectivity index (χ0v) is 20.5. The number of imide groups is 1. The lowest BCUT2D eigenvalue weighted by Gasteiger charge is -2.27. The van der Waals surface area contributed by atoms with Gasteiger partial charge >= 0.3 is 0 Å². The zero-order valence-electron chi connectivity index (χ0n) is 19.6. The Morgan fingerprint density at radius 2 is 1.51 bits per heavy atom. The number of rotatable bonds is 11. The second-order valence-corrected chi connectivity index (χ2v) is 9.83. The van der Waals surface area contributed by atoms with E-state index >= 15 is 0 Å². The van der Waals surface area contributed by atoms with Crippen LogP contribution in [0.2, 0.25) is 0 Å². The van der Waals surface area contributed by atoms with E-state index in [2.05, 4.69) is 4.72 Å². The van der Waals surface area contributed by atoms with E-state index in [9.17, 15) is 48.3 Å². The van der Waals surface area contributed by atoms with Crippen LogP contribution in [0, 0.1) is 30.3 Å². The molecule has 4 rings (SSSR count). The van der Waals surface area contributed by atoms with Crippen LogP contribution in [0.5, 0.6) is 0 Å². The highest BCUT2D eigenvalue weighted by atomic mass is 32.2. The molecular formula is C22H17N5O11S. The maximum Gasteiger partial charge on any atom is 0.296 e. The number of benzene rings is 3. The zero-order chi connectivity index (χ0) is 28.5. The largest absolute Gasteiger partial charge is 0.378 e. The van der Waals surface area contributed by atoms with Crippen molar-refractivity contribution in [2.75, 3.05) is 26.3 Å². The second-order valence-electron chi connectivity index (χ2n) is 8.09. The van der Waals surface area contributed by atoms with E-state index in [1.54, 1.807) is 6.07 Å². The maximum atomic E-state index is 13.0. The van der Waals surface area contributed by atoms with Gasteiger partial charge in [0.05, 0.1) is 46.2 Å². The van der Waals surface area contributed by atoms with Crippen molar-refractivity contribution in [2.24, 2.45) is 0 Å². The number of nitrogens with one attached hydrogen (secondary N) is 1. The van der Waals surface area contributed by atoms with Crippen LogP contribution in [0.15, 0.2) is 53.4 Å². The third kappa shape index (κ3) is 5.26. The van der Waals surface area contributed by atoms with Gasteiger partial charge < -0.3 is 4.74 Å². The molecule has 17 heteroatoms. The summed E-state index contributed by atoms with van der Waals surface area (Å²) in [5.74, 6) is -1.37. The number of amides is 2. The minimum Gasteiger partial charge on any atom is -0.378 e. The van der Waals surface area contributed by atoms with E-state index in [0.717, 1.165) is 23.1 Å². The molecule has 2 amide bonds. The van der Waals surface area contributed by atoms with Crippen LogP contribution >= 0.6 is 0 Å². The van der Waals surface area contributed by atoms with Gasteiger partial charge in [0.25, 0.3) is 28.9 Å². The van der Waals surface area contributed by atoms with Crippen molar-refractivity contribution in [3.63, 3.8) is 0 Å². The average Bonchev–Trinajstić information content (AvgIpc) is 2.89. The standard InChI is InChI=1S/C22H17N5O11S/c28-21-16-3-1-2-13-10-15(26(32)33)11-17(20(13)16)22(29)24(21)7-9-38-8-6-23-39(36,37)19-5-4-14(25(30)31)12-18(19)27(34)35/h1-5,10-12,23H,6-9H2. The van der Waals surface area contributed by atoms with Crippen molar-refractivity contribution in [1.82, 2.24) is 9.62 Å². The maximum absolute atomic E-state index is 13.0. The van der Waals surface area contributed by atoms with E-state index in [1.807, 2.05) is 0 Å². The quantitative estimate of drug-likeness (QED) is 0.155. The van der Waals surface area contributed by atoms with Gasteiger partial charge in [-0.25, -0.2) is 13.1 Å². The van der Waals surface area contributed by atoms with Crippen LogP contribution in [0.4, 0.5) is 17.1 Å². The highest BCUT2D eigenvalue weighted by molar-refractivity contribution is 7.89. The molecule has 0 saturated carbocycles. The molecule has 0 spiro atoms. The molecule has 0 atom stereocenters. The monoisotopic (exact) mass is 559 g/mol. The third-order valence-corrected chi connectivity index (χ3v) is 7.27. The minimum atomic E-state index is -4.44. The Balaban J connectivity index is 1.38. The second kappa shape index (κ2) is 10.5. The van der Waals surface area contributed by atoms with Crippen LogP contribution in [-0.4, -0.2) is 66.2 Å². The van der Waals surface area contributed by atoms with Crippen LogP contribution in [0.3, 0.4) is 0 Å². The molecule has 0 radical (unpaired) electrons. The summed E-state index contributed by atoms with van der Waals surface area (Å²) in [7, 11) is -4.44. The van der Waals surface area contributed by atoms with E-state index < -0.39 is 52.9 Å². The summed E-state index contributed by atoms with van der Waals surface area (Å²) >= 11 is 0. The number of carbonyl (C=O) groups is 2. The van der Waals surface area contributed by atoms with E-state index in [1.165, 1.54) is 18.2 Å². The predicted molar refractivity (Wildman–Crippen MR) is 132 cm³/mol.